The number of ketones is 1. The zero-order chi connectivity index (χ0) is 21.3. The van der Waals surface area contributed by atoms with Gasteiger partial charge in [0.05, 0.1) is 11.9 Å². The Bertz CT molecular complexity index is 656. The predicted molar refractivity (Wildman–Crippen MR) is 110 cm³/mol. The van der Waals surface area contributed by atoms with E-state index in [1.807, 2.05) is 44.2 Å². The number of benzene rings is 1. The van der Waals surface area contributed by atoms with Crippen LogP contribution in [0.4, 0.5) is 4.79 Å². The Balaban J connectivity index is 2.95. The van der Waals surface area contributed by atoms with E-state index >= 15 is 0 Å². The Labute approximate surface area is 172 Å². The number of hydrogen-bond donors (Lipinski definition) is 2. The Kier molecular flexibility index (Phi) is 9.46. The van der Waals surface area contributed by atoms with Gasteiger partial charge in [0, 0.05) is 6.42 Å². The number of hydrogen-bond acceptors (Lipinski definition) is 4. The van der Waals surface area contributed by atoms with Gasteiger partial charge in [0.1, 0.15) is 11.6 Å². The zero-order valence-corrected chi connectivity index (χ0v) is 18.0. The van der Waals surface area contributed by atoms with E-state index in [0.717, 1.165) is 5.56 Å². The fourth-order valence-corrected chi connectivity index (χ4v) is 2.80. The summed E-state index contributed by atoms with van der Waals surface area (Å²) in [6.07, 6.45) is 0.0598. The molecule has 2 amide bonds. The maximum absolute atomic E-state index is 12.9. The minimum Gasteiger partial charge on any atom is -0.444 e. The molecule has 0 unspecified atom stereocenters. The van der Waals surface area contributed by atoms with Crippen molar-refractivity contribution in [1.82, 2.24) is 10.6 Å². The molecular formula is C21H31ClN2O4. The summed E-state index contributed by atoms with van der Waals surface area (Å²) in [4.78, 5) is 37.2. The van der Waals surface area contributed by atoms with Crippen molar-refractivity contribution in [2.24, 2.45) is 5.92 Å². The predicted octanol–water partition coefficient (Wildman–Crippen LogP) is 3.46. The van der Waals surface area contributed by atoms with Gasteiger partial charge in [-0.15, -0.1) is 11.6 Å². The molecule has 0 aliphatic carbocycles. The highest BCUT2D eigenvalue weighted by Crippen LogP contribution is 2.11. The molecule has 0 aromatic heterocycles. The van der Waals surface area contributed by atoms with Gasteiger partial charge in [0.2, 0.25) is 5.91 Å². The van der Waals surface area contributed by atoms with E-state index in [4.69, 9.17) is 16.3 Å². The molecule has 0 saturated heterocycles. The highest BCUT2D eigenvalue weighted by Gasteiger charge is 2.28. The van der Waals surface area contributed by atoms with Gasteiger partial charge < -0.3 is 15.4 Å². The molecular weight excluding hydrogens is 380 g/mol. The Hall–Kier alpha value is -2.08. The normalized spacial score (nSPS) is 13.5. The largest absolute Gasteiger partial charge is 0.444 e. The van der Waals surface area contributed by atoms with E-state index in [1.165, 1.54) is 0 Å². The molecule has 0 spiro atoms. The summed E-state index contributed by atoms with van der Waals surface area (Å²) in [5.41, 5.74) is 0.190. The van der Waals surface area contributed by atoms with Crippen LogP contribution in [0.3, 0.4) is 0 Å². The number of alkyl halides is 1. The van der Waals surface area contributed by atoms with Gasteiger partial charge >= 0.3 is 6.09 Å². The minimum atomic E-state index is -0.880. The van der Waals surface area contributed by atoms with Gasteiger partial charge in [-0.25, -0.2) is 4.79 Å². The van der Waals surface area contributed by atoms with Crippen LogP contribution in [0, 0.1) is 5.92 Å². The summed E-state index contributed by atoms with van der Waals surface area (Å²) in [5, 5.41) is 5.36. The lowest BCUT2D eigenvalue weighted by atomic mass is 9.99. The van der Waals surface area contributed by atoms with Crippen molar-refractivity contribution in [3.63, 3.8) is 0 Å². The topological polar surface area (TPSA) is 84.5 Å². The number of amides is 2. The van der Waals surface area contributed by atoms with E-state index < -0.39 is 29.7 Å². The number of carbonyl (C=O) groups is 3. The van der Waals surface area contributed by atoms with Crippen LogP contribution in [-0.4, -0.2) is 41.3 Å². The lowest BCUT2D eigenvalue weighted by molar-refractivity contribution is -0.128. The molecule has 7 heteroatoms. The molecule has 0 radical (unpaired) electrons. The van der Waals surface area contributed by atoms with Gasteiger partial charge in [0.15, 0.2) is 5.78 Å². The molecule has 0 aliphatic rings. The molecule has 0 fully saturated rings. The highest BCUT2D eigenvalue weighted by atomic mass is 35.5. The van der Waals surface area contributed by atoms with Crippen molar-refractivity contribution in [2.45, 2.75) is 65.1 Å². The van der Waals surface area contributed by atoms with Crippen molar-refractivity contribution >= 4 is 29.4 Å². The fourth-order valence-electron chi connectivity index (χ4n) is 2.62. The van der Waals surface area contributed by atoms with E-state index in [0.29, 0.717) is 6.42 Å². The standard InChI is InChI=1S/C21H31ClN2O4/c1-14(2)11-16(18(25)13-22)23-19(26)17(12-15-9-7-6-8-10-15)24-20(27)28-21(3,4)5/h6-10,14,16-17H,11-13H2,1-5H3,(H,23,26)(H,24,27)/t16-,17-/m0/s1. The third-order valence-electron chi connectivity index (χ3n) is 3.83. The Morgan fingerprint density at radius 1 is 1.04 bits per heavy atom. The molecule has 2 atom stereocenters. The van der Waals surface area contributed by atoms with Gasteiger partial charge in [-0.3, -0.25) is 9.59 Å². The number of Topliss-reactive ketones (excluding diaryl/α,β-unsaturated/α-hetero) is 1. The van der Waals surface area contributed by atoms with Crippen molar-refractivity contribution in [3.05, 3.63) is 35.9 Å². The van der Waals surface area contributed by atoms with Crippen LogP contribution >= 0.6 is 11.6 Å². The summed E-state index contributed by atoms with van der Waals surface area (Å²) < 4.78 is 5.28. The lowest BCUT2D eigenvalue weighted by Gasteiger charge is -2.25. The third-order valence-corrected chi connectivity index (χ3v) is 4.10. The zero-order valence-electron chi connectivity index (χ0n) is 17.3. The first-order valence-corrected chi connectivity index (χ1v) is 9.97. The Morgan fingerprint density at radius 2 is 1.64 bits per heavy atom. The van der Waals surface area contributed by atoms with E-state index in [-0.39, 0.29) is 24.0 Å². The van der Waals surface area contributed by atoms with Crippen molar-refractivity contribution < 1.29 is 19.1 Å². The summed E-state index contributed by atoms with van der Waals surface area (Å²) >= 11 is 5.69. The van der Waals surface area contributed by atoms with Crippen LogP contribution in [0.1, 0.15) is 46.6 Å². The first-order chi connectivity index (χ1) is 13.0. The monoisotopic (exact) mass is 410 g/mol. The fraction of sp³-hybridized carbons (Fsp3) is 0.571. The highest BCUT2D eigenvalue weighted by molar-refractivity contribution is 6.28. The van der Waals surface area contributed by atoms with Crippen LogP contribution < -0.4 is 10.6 Å². The molecule has 1 aromatic rings. The molecule has 1 rings (SSSR count). The average Bonchev–Trinajstić information content (AvgIpc) is 2.58. The second kappa shape index (κ2) is 11.1. The van der Waals surface area contributed by atoms with Crippen molar-refractivity contribution in [2.75, 3.05) is 5.88 Å². The van der Waals surface area contributed by atoms with Gasteiger partial charge in [-0.05, 0) is 38.7 Å². The molecule has 156 valence electrons. The first kappa shape index (κ1) is 24.0. The molecule has 0 bridgehead atoms. The molecule has 0 saturated carbocycles. The summed E-state index contributed by atoms with van der Waals surface area (Å²) in [6.45, 7) is 9.16. The Morgan fingerprint density at radius 3 is 2.14 bits per heavy atom. The number of ether oxygens (including phenoxy) is 1. The quantitative estimate of drug-likeness (QED) is 0.610. The molecule has 28 heavy (non-hydrogen) atoms. The van der Waals surface area contributed by atoms with Gasteiger partial charge in [-0.2, -0.15) is 0 Å². The number of rotatable bonds is 9. The third kappa shape index (κ3) is 9.22. The SMILES string of the molecule is CC(C)C[C@H](NC(=O)[C@H](Cc1ccccc1)NC(=O)OC(C)(C)C)C(=O)CCl. The number of alkyl carbamates (subject to hydrolysis) is 1. The molecule has 0 aliphatic heterocycles. The molecule has 0 heterocycles. The molecule has 2 N–H and O–H groups in total. The van der Waals surface area contributed by atoms with Crippen LogP contribution in [0.5, 0.6) is 0 Å². The number of carbonyl (C=O) groups excluding carboxylic acids is 3. The van der Waals surface area contributed by atoms with E-state index in [1.54, 1.807) is 20.8 Å². The van der Waals surface area contributed by atoms with Crippen LogP contribution in [0.15, 0.2) is 30.3 Å². The van der Waals surface area contributed by atoms with Crippen LogP contribution in [0.2, 0.25) is 0 Å². The van der Waals surface area contributed by atoms with E-state index in [9.17, 15) is 14.4 Å². The molecule has 6 nitrogen and oxygen atoms in total. The smallest absolute Gasteiger partial charge is 0.408 e. The van der Waals surface area contributed by atoms with Gasteiger partial charge in [-0.1, -0.05) is 44.2 Å². The van der Waals surface area contributed by atoms with Gasteiger partial charge in [0.25, 0.3) is 0 Å². The second-order valence-electron chi connectivity index (χ2n) is 8.18. The summed E-state index contributed by atoms with van der Waals surface area (Å²) in [6, 6.07) is 7.75. The second-order valence-corrected chi connectivity index (χ2v) is 8.45. The maximum Gasteiger partial charge on any atom is 0.408 e. The average molecular weight is 411 g/mol. The summed E-state index contributed by atoms with van der Waals surface area (Å²) in [7, 11) is 0. The first-order valence-electron chi connectivity index (χ1n) is 9.44. The minimum absolute atomic E-state index is 0.180. The summed E-state index contributed by atoms with van der Waals surface area (Å²) in [5.74, 6) is -0.678. The number of nitrogens with one attached hydrogen (secondary N) is 2. The van der Waals surface area contributed by atoms with Crippen LogP contribution in [-0.2, 0) is 20.7 Å². The van der Waals surface area contributed by atoms with Crippen molar-refractivity contribution in [1.29, 1.82) is 0 Å². The maximum atomic E-state index is 12.9. The number of halogens is 1. The lowest BCUT2D eigenvalue weighted by Crippen LogP contribution is -2.53. The molecule has 1 aromatic carbocycles. The van der Waals surface area contributed by atoms with Crippen LogP contribution in [0.25, 0.3) is 0 Å². The van der Waals surface area contributed by atoms with Crippen molar-refractivity contribution in [3.8, 4) is 0 Å². The van der Waals surface area contributed by atoms with E-state index in [2.05, 4.69) is 10.6 Å².